The molecule has 0 aliphatic carbocycles. The van der Waals surface area contributed by atoms with Gasteiger partial charge in [-0.1, -0.05) is 17.5 Å². The number of rotatable bonds is 3. The molecule has 0 bridgehead atoms. The Kier molecular flexibility index (Phi) is 4.57. The van der Waals surface area contributed by atoms with Gasteiger partial charge >= 0.3 is 11.9 Å². The van der Waals surface area contributed by atoms with Crippen LogP contribution in [0.15, 0.2) is 47.5 Å². The highest BCUT2D eigenvalue weighted by molar-refractivity contribution is 6.33. The lowest BCUT2D eigenvalue weighted by molar-refractivity contribution is -0.137. The van der Waals surface area contributed by atoms with Gasteiger partial charge in [-0.05, 0) is 30.3 Å². The first-order chi connectivity index (χ1) is 12.3. The molecule has 0 fully saturated rings. The highest BCUT2D eigenvalue weighted by Crippen LogP contribution is 2.31. The van der Waals surface area contributed by atoms with Gasteiger partial charge in [0.25, 0.3) is 0 Å². The summed E-state index contributed by atoms with van der Waals surface area (Å²) in [6, 6.07) is 5.69. The highest BCUT2D eigenvalue weighted by Gasteiger charge is 2.30. The SMILES string of the molecule is C#CCn1nc(-c2ccncc2Cl)n(-c2ccc(C(F)(F)F)cc2)c1=O. The Morgan fingerprint density at radius 3 is 2.46 bits per heavy atom. The van der Waals surface area contributed by atoms with E-state index in [4.69, 9.17) is 18.0 Å². The van der Waals surface area contributed by atoms with Crippen molar-refractivity contribution < 1.29 is 13.2 Å². The van der Waals surface area contributed by atoms with Crippen molar-refractivity contribution in [1.82, 2.24) is 19.3 Å². The first-order valence-corrected chi connectivity index (χ1v) is 7.61. The van der Waals surface area contributed by atoms with E-state index < -0.39 is 17.4 Å². The van der Waals surface area contributed by atoms with Gasteiger partial charge in [0.1, 0.15) is 6.54 Å². The van der Waals surface area contributed by atoms with Crippen molar-refractivity contribution in [2.24, 2.45) is 0 Å². The lowest BCUT2D eigenvalue weighted by Crippen LogP contribution is -2.24. The van der Waals surface area contributed by atoms with Gasteiger partial charge in [0.05, 0.1) is 16.3 Å². The quantitative estimate of drug-likeness (QED) is 0.656. The fourth-order valence-electron chi connectivity index (χ4n) is 2.36. The molecule has 3 rings (SSSR count). The van der Waals surface area contributed by atoms with Gasteiger partial charge in [0, 0.05) is 18.0 Å². The minimum atomic E-state index is -4.48. The number of aromatic nitrogens is 4. The molecule has 0 saturated carbocycles. The largest absolute Gasteiger partial charge is 0.416 e. The molecule has 3 aromatic rings. The van der Waals surface area contributed by atoms with Gasteiger partial charge < -0.3 is 0 Å². The van der Waals surface area contributed by atoms with E-state index in [1.165, 1.54) is 24.5 Å². The molecule has 2 aromatic heterocycles. The van der Waals surface area contributed by atoms with E-state index in [1.807, 2.05) is 0 Å². The molecule has 26 heavy (non-hydrogen) atoms. The average molecular weight is 379 g/mol. The highest BCUT2D eigenvalue weighted by atomic mass is 35.5. The predicted octanol–water partition coefficient (Wildman–Crippen LogP) is 3.40. The molecule has 0 amide bonds. The predicted molar refractivity (Wildman–Crippen MR) is 89.9 cm³/mol. The molecule has 0 atom stereocenters. The molecule has 0 saturated heterocycles. The zero-order valence-electron chi connectivity index (χ0n) is 13.0. The van der Waals surface area contributed by atoms with Crippen molar-refractivity contribution in [3.05, 3.63) is 63.8 Å². The van der Waals surface area contributed by atoms with Gasteiger partial charge in [0.15, 0.2) is 5.82 Å². The molecular formula is C17H10ClF3N4O. The zero-order valence-corrected chi connectivity index (χ0v) is 13.8. The number of benzene rings is 1. The number of halogens is 4. The van der Waals surface area contributed by atoms with Crippen LogP contribution in [0.25, 0.3) is 17.1 Å². The first-order valence-electron chi connectivity index (χ1n) is 7.23. The van der Waals surface area contributed by atoms with E-state index in [0.29, 0.717) is 5.56 Å². The van der Waals surface area contributed by atoms with Crippen LogP contribution in [0.5, 0.6) is 0 Å². The molecule has 0 spiro atoms. The van der Waals surface area contributed by atoms with E-state index >= 15 is 0 Å². The topological polar surface area (TPSA) is 52.7 Å². The third kappa shape index (κ3) is 3.21. The van der Waals surface area contributed by atoms with Crippen molar-refractivity contribution >= 4 is 11.6 Å². The molecule has 2 heterocycles. The van der Waals surface area contributed by atoms with Crippen LogP contribution in [-0.4, -0.2) is 19.3 Å². The van der Waals surface area contributed by atoms with E-state index in [9.17, 15) is 18.0 Å². The van der Waals surface area contributed by atoms with Crippen LogP contribution in [0.2, 0.25) is 5.02 Å². The maximum atomic E-state index is 12.8. The number of hydrogen-bond acceptors (Lipinski definition) is 3. The summed E-state index contributed by atoms with van der Waals surface area (Å²) in [6.45, 7) is -0.0951. The second-order valence-corrected chi connectivity index (χ2v) is 5.61. The minimum absolute atomic E-state index is 0.0951. The monoisotopic (exact) mass is 378 g/mol. The fourth-order valence-corrected chi connectivity index (χ4v) is 2.56. The Balaban J connectivity index is 2.22. The third-order valence-electron chi connectivity index (χ3n) is 3.55. The fraction of sp³-hybridized carbons (Fsp3) is 0.118. The van der Waals surface area contributed by atoms with E-state index in [-0.39, 0.29) is 23.1 Å². The Labute approximate surface area is 150 Å². The number of alkyl halides is 3. The summed E-state index contributed by atoms with van der Waals surface area (Å²) in [5.41, 5.74) is -0.817. The van der Waals surface area contributed by atoms with Crippen LogP contribution in [0.3, 0.4) is 0 Å². The molecule has 0 N–H and O–H groups in total. The molecule has 0 aliphatic rings. The molecule has 9 heteroatoms. The van der Waals surface area contributed by atoms with Crippen LogP contribution in [0.1, 0.15) is 5.56 Å². The summed E-state index contributed by atoms with van der Waals surface area (Å²) in [4.78, 5) is 16.5. The lowest BCUT2D eigenvalue weighted by atomic mass is 10.2. The number of nitrogens with zero attached hydrogens (tertiary/aromatic N) is 4. The number of terminal acetylenes is 1. The van der Waals surface area contributed by atoms with Gasteiger partial charge in [-0.3, -0.25) is 4.98 Å². The lowest BCUT2D eigenvalue weighted by Gasteiger charge is -2.09. The second kappa shape index (κ2) is 6.69. The zero-order chi connectivity index (χ0) is 18.9. The van der Waals surface area contributed by atoms with Gasteiger partial charge in [-0.25, -0.2) is 14.0 Å². The Morgan fingerprint density at radius 2 is 1.88 bits per heavy atom. The summed E-state index contributed by atoms with van der Waals surface area (Å²) in [7, 11) is 0. The Bertz CT molecular complexity index is 1050. The normalized spacial score (nSPS) is 11.3. The molecule has 0 aliphatic heterocycles. The maximum Gasteiger partial charge on any atom is 0.416 e. The van der Waals surface area contributed by atoms with Crippen molar-refractivity contribution in [2.75, 3.05) is 0 Å². The molecule has 0 unspecified atom stereocenters. The summed E-state index contributed by atoms with van der Waals surface area (Å²) in [5, 5.41) is 4.40. The summed E-state index contributed by atoms with van der Waals surface area (Å²) in [6.07, 6.45) is 3.60. The van der Waals surface area contributed by atoms with Crippen molar-refractivity contribution in [1.29, 1.82) is 0 Å². The average Bonchev–Trinajstić information content (AvgIpc) is 2.91. The third-order valence-corrected chi connectivity index (χ3v) is 3.85. The van der Waals surface area contributed by atoms with Crippen LogP contribution < -0.4 is 5.69 Å². The molecule has 0 radical (unpaired) electrons. The summed E-state index contributed by atoms with van der Waals surface area (Å²) in [5.74, 6) is 2.46. The smallest absolute Gasteiger partial charge is 0.263 e. The van der Waals surface area contributed by atoms with Gasteiger partial charge in [-0.15, -0.1) is 11.5 Å². The van der Waals surface area contributed by atoms with E-state index in [1.54, 1.807) is 6.07 Å². The van der Waals surface area contributed by atoms with Crippen molar-refractivity contribution in [3.63, 3.8) is 0 Å². The minimum Gasteiger partial charge on any atom is -0.263 e. The Morgan fingerprint density at radius 1 is 1.19 bits per heavy atom. The van der Waals surface area contributed by atoms with Crippen LogP contribution in [0, 0.1) is 12.3 Å². The summed E-state index contributed by atoms with van der Waals surface area (Å²) >= 11 is 6.13. The van der Waals surface area contributed by atoms with Crippen LogP contribution >= 0.6 is 11.6 Å². The molecular weight excluding hydrogens is 369 g/mol. The molecule has 132 valence electrons. The number of pyridine rings is 1. The van der Waals surface area contributed by atoms with E-state index in [0.717, 1.165) is 21.4 Å². The molecule has 5 nitrogen and oxygen atoms in total. The second-order valence-electron chi connectivity index (χ2n) is 5.20. The van der Waals surface area contributed by atoms with Crippen molar-refractivity contribution in [3.8, 4) is 29.4 Å². The first kappa shape index (κ1) is 17.8. The van der Waals surface area contributed by atoms with E-state index in [2.05, 4.69) is 16.0 Å². The van der Waals surface area contributed by atoms with Crippen LogP contribution in [-0.2, 0) is 12.7 Å². The summed E-state index contributed by atoms with van der Waals surface area (Å²) < 4.78 is 40.5. The van der Waals surface area contributed by atoms with Gasteiger partial charge in [-0.2, -0.15) is 13.2 Å². The standard InChI is InChI=1S/C17H10ClF3N4O/c1-2-9-24-16(26)25(12-5-3-11(4-6-12)17(19,20)21)15(23-24)13-7-8-22-10-14(13)18/h1,3-8,10H,9H2. The van der Waals surface area contributed by atoms with Crippen LogP contribution in [0.4, 0.5) is 13.2 Å². The number of hydrogen-bond donors (Lipinski definition) is 0. The van der Waals surface area contributed by atoms with Gasteiger partial charge in [0.2, 0.25) is 0 Å². The van der Waals surface area contributed by atoms with Crippen molar-refractivity contribution in [2.45, 2.75) is 12.7 Å². The maximum absolute atomic E-state index is 12.8. The molecule has 1 aromatic carbocycles. The Hall–Kier alpha value is -3.05.